The number of aliphatic hydroxyl groups is 1. The van der Waals surface area contributed by atoms with E-state index in [4.69, 9.17) is 4.74 Å². The summed E-state index contributed by atoms with van der Waals surface area (Å²) in [5.74, 6) is -1.25. The third-order valence-corrected chi connectivity index (χ3v) is 5.48. The van der Waals surface area contributed by atoms with Gasteiger partial charge >= 0.3 is 0 Å². The number of carbonyl (C=O) groups excluding carboxylic acids is 3. The highest BCUT2D eigenvalue weighted by molar-refractivity contribution is 6.51. The zero-order valence-corrected chi connectivity index (χ0v) is 17.6. The van der Waals surface area contributed by atoms with Crippen LogP contribution in [0.25, 0.3) is 5.76 Å². The van der Waals surface area contributed by atoms with Crippen molar-refractivity contribution >= 4 is 28.9 Å². The third-order valence-electron chi connectivity index (χ3n) is 5.48. The van der Waals surface area contributed by atoms with Crippen LogP contribution in [0.2, 0.25) is 0 Å². The first kappa shape index (κ1) is 21.1. The first-order valence-electron chi connectivity index (χ1n) is 10.0. The molecule has 1 N–H and O–H groups in total. The molecule has 1 fully saturated rings. The van der Waals surface area contributed by atoms with Gasteiger partial charge in [0.15, 0.2) is 5.78 Å². The molecule has 6 heteroatoms. The summed E-state index contributed by atoms with van der Waals surface area (Å²) in [6.07, 6.45) is 0. The Bertz CT molecular complexity index is 1210. The maximum absolute atomic E-state index is 13.1. The summed E-state index contributed by atoms with van der Waals surface area (Å²) in [6.45, 7) is 1.46. The number of ketones is 2. The van der Waals surface area contributed by atoms with Crippen LogP contribution >= 0.6 is 0 Å². The summed E-state index contributed by atoms with van der Waals surface area (Å²) in [7, 11) is 1.55. The third kappa shape index (κ3) is 3.67. The number of hydrogen-bond acceptors (Lipinski definition) is 5. The van der Waals surface area contributed by atoms with E-state index in [9.17, 15) is 19.5 Å². The number of ether oxygens (including phenoxy) is 1. The van der Waals surface area contributed by atoms with E-state index in [-0.39, 0.29) is 17.1 Å². The molecular weight excluding hydrogens is 406 g/mol. The minimum atomic E-state index is -0.843. The summed E-state index contributed by atoms with van der Waals surface area (Å²) in [5.41, 5.74) is 2.02. The molecule has 4 rings (SSSR count). The summed E-state index contributed by atoms with van der Waals surface area (Å²) < 4.78 is 5.22. The highest BCUT2D eigenvalue weighted by atomic mass is 16.5. The van der Waals surface area contributed by atoms with E-state index in [1.807, 2.05) is 0 Å². The highest BCUT2D eigenvalue weighted by Gasteiger charge is 2.46. The lowest BCUT2D eigenvalue weighted by molar-refractivity contribution is -0.132. The molecule has 3 aromatic carbocycles. The number of benzene rings is 3. The van der Waals surface area contributed by atoms with Crippen LogP contribution in [0, 0.1) is 0 Å². The fourth-order valence-electron chi connectivity index (χ4n) is 3.81. The van der Waals surface area contributed by atoms with Gasteiger partial charge in [0, 0.05) is 16.8 Å². The smallest absolute Gasteiger partial charge is 0.300 e. The monoisotopic (exact) mass is 427 g/mol. The number of rotatable bonds is 5. The second kappa shape index (κ2) is 8.51. The summed E-state index contributed by atoms with van der Waals surface area (Å²) >= 11 is 0. The molecule has 0 spiro atoms. The molecule has 1 unspecified atom stereocenters. The van der Waals surface area contributed by atoms with E-state index in [0.29, 0.717) is 28.1 Å². The molecule has 0 saturated carbocycles. The van der Waals surface area contributed by atoms with Crippen molar-refractivity contribution in [2.24, 2.45) is 0 Å². The van der Waals surface area contributed by atoms with E-state index >= 15 is 0 Å². The lowest BCUT2D eigenvalue weighted by atomic mass is 9.95. The molecule has 1 aliphatic heterocycles. The Hall–Kier alpha value is -4.19. The molecule has 160 valence electrons. The van der Waals surface area contributed by atoms with E-state index in [1.165, 1.54) is 11.8 Å². The predicted molar refractivity (Wildman–Crippen MR) is 121 cm³/mol. The molecule has 0 radical (unpaired) electrons. The van der Waals surface area contributed by atoms with Crippen LogP contribution in [-0.4, -0.2) is 29.7 Å². The van der Waals surface area contributed by atoms with Crippen LogP contribution in [0.1, 0.15) is 34.5 Å². The standard InChI is InChI=1S/C26H21NO5/c1-16(28)17-8-12-20(13-9-17)27-23(18-10-14-21(32-2)15-11-18)22(25(30)26(27)31)24(29)19-6-4-3-5-7-19/h3-15,23,29H,1-2H3/b24-22+. The number of nitrogens with zero attached hydrogens (tertiary/aromatic N) is 1. The van der Waals surface area contributed by atoms with Gasteiger partial charge in [-0.05, 0) is 48.9 Å². The average Bonchev–Trinajstić information content (AvgIpc) is 3.09. The average molecular weight is 427 g/mol. The van der Waals surface area contributed by atoms with Crippen molar-refractivity contribution in [3.8, 4) is 5.75 Å². The summed E-state index contributed by atoms with van der Waals surface area (Å²) in [5, 5.41) is 11.0. The predicted octanol–water partition coefficient (Wildman–Crippen LogP) is 4.52. The Morgan fingerprint density at radius 1 is 0.875 bits per heavy atom. The van der Waals surface area contributed by atoms with Crippen molar-refractivity contribution in [2.45, 2.75) is 13.0 Å². The minimum absolute atomic E-state index is 0.00186. The highest BCUT2D eigenvalue weighted by Crippen LogP contribution is 2.42. The van der Waals surface area contributed by atoms with Gasteiger partial charge in [0.1, 0.15) is 11.5 Å². The van der Waals surface area contributed by atoms with Crippen LogP contribution in [0.4, 0.5) is 5.69 Å². The number of Topliss-reactive ketones (excluding diaryl/α,β-unsaturated/α-hetero) is 2. The Morgan fingerprint density at radius 3 is 2.06 bits per heavy atom. The van der Waals surface area contributed by atoms with Gasteiger partial charge in [-0.1, -0.05) is 42.5 Å². The number of methoxy groups -OCH3 is 1. The van der Waals surface area contributed by atoms with Gasteiger partial charge in [-0.15, -0.1) is 0 Å². The van der Waals surface area contributed by atoms with Crippen LogP contribution in [-0.2, 0) is 9.59 Å². The van der Waals surface area contributed by atoms with Crippen molar-refractivity contribution in [3.63, 3.8) is 0 Å². The number of aliphatic hydroxyl groups excluding tert-OH is 1. The SMILES string of the molecule is COc1ccc(C2/C(=C(\O)c3ccccc3)C(=O)C(=O)N2c2ccc(C(C)=O)cc2)cc1. The second-order valence-electron chi connectivity index (χ2n) is 7.41. The quantitative estimate of drug-likeness (QED) is 0.280. The summed E-state index contributed by atoms with van der Waals surface area (Å²) in [6, 6.07) is 21.2. The van der Waals surface area contributed by atoms with E-state index in [1.54, 1.807) is 86.0 Å². The molecule has 1 atom stereocenters. The van der Waals surface area contributed by atoms with Crippen molar-refractivity contribution in [1.29, 1.82) is 0 Å². The van der Waals surface area contributed by atoms with Gasteiger partial charge in [-0.2, -0.15) is 0 Å². The van der Waals surface area contributed by atoms with Crippen molar-refractivity contribution < 1.29 is 24.2 Å². The number of amides is 1. The summed E-state index contributed by atoms with van der Waals surface area (Å²) in [4.78, 5) is 39.2. The molecule has 1 saturated heterocycles. The van der Waals surface area contributed by atoms with Gasteiger partial charge in [-0.3, -0.25) is 19.3 Å². The molecule has 1 heterocycles. The lowest BCUT2D eigenvalue weighted by Crippen LogP contribution is -2.29. The number of anilines is 1. The first-order chi connectivity index (χ1) is 15.4. The van der Waals surface area contributed by atoms with Crippen LogP contribution < -0.4 is 9.64 Å². The Labute approximate surface area is 185 Å². The maximum Gasteiger partial charge on any atom is 0.300 e. The largest absolute Gasteiger partial charge is 0.507 e. The molecule has 32 heavy (non-hydrogen) atoms. The van der Waals surface area contributed by atoms with Gasteiger partial charge in [0.2, 0.25) is 0 Å². The van der Waals surface area contributed by atoms with Gasteiger partial charge < -0.3 is 9.84 Å². The zero-order chi connectivity index (χ0) is 22.8. The van der Waals surface area contributed by atoms with Gasteiger partial charge in [0.05, 0.1) is 18.7 Å². The van der Waals surface area contributed by atoms with Crippen molar-refractivity contribution in [3.05, 3.63) is 101 Å². The normalized spacial score (nSPS) is 17.4. The second-order valence-corrected chi connectivity index (χ2v) is 7.41. The van der Waals surface area contributed by atoms with E-state index in [0.717, 1.165) is 0 Å². The van der Waals surface area contributed by atoms with Crippen LogP contribution in [0.3, 0.4) is 0 Å². The van der Waals surface area contributed by atoms with Crippen LogP contribution in [0.15, 0.2) is 84.4 Å². The fourth-order valence-corrected chi connectivity index (χ4v) is 3.81. The van der Waals surface area contributed by atoms with Gasteiger partial charge in [-0.25, -0.2) is 0 Å². The molecule has 1 amide bonds. The molecule has 0 aromatic heterocycles. The number of carbonyl (C=O) groups is 3. The van der Waals surface area contributed by atoms with Crippen molar-refractivity contribution in [1.82, 2.24) is 0 Å². The molecule has 0 aliphatic carbocycles. The van der Waals surface area contributed by atoms with Crippen LogP contribution in [0.5, 0.6) is 5.75 Å². The molecule has 3 aromatic rings. The van der Waals surface area contributed by atoms with Crippen molar-refractivity contribution in [2.75, 3.05) is 12.0 Å². The van der Waals surface area contributed by atoms with E-state index in [2.05, 4.69) is 0 Å². The minimum Gasteiger partial charge on any atom is -0.507 e. The lowest BCUT2D eigenvalue weighted by Gasteiger charge is -2.25. The van der Waals surface area contributed by atoms with Gasteiger partial charge in [0.25, 0.3) is 11.7 Å². The first-order valence-corrected chi connectivity index (χ1v) is 10.0. The fraction of sp³-hybridized carbons (Fsp3) is 0.115. The van der Waals surface area contributed by atoms with E-state index < -0.39 is 17.7 Å². The maximum atomic E-state index is 13.1. The Morgan fingerprint density at radius 2 is 1.50 bits per heavy atom. The molecule has 6 nitrogen and oxygen atoms in total. The molecule has 1 aliphatic rings. The Kier molecular flexibility index (Phi) is 5.60. The molecular formula is C26H21NO5. The Balaban J connectivity index is 1.90. The zero-order valence-electron chi connectivity index (χ0n) is 17.6. The number of hydrogen-bond donors (Lipinski definition) is 1. The topological polar surface area (TPSA) is 83.9 Å². The molecule has 0 bridgehead atoms.